The van der Waals surface area contributed by atoms with E-state index in [2.05, 4.69) is 5.32 Å². The van der Waals surface area contributed by atoms with Crippen molar-refractivity contribution in [2.24, 2.45) is 0 Å². The zero-order valence-corrected chi connectivity index (χ0v) is 11.2. The van der Waals surface area contributed by atoms with Crippen LogP contribution in [-0.2, 0) is 6.42 Å². The lowest BCUT2D eigenvalue weighted by atomic mass is 10.1. The van der Waals surface area contributed by atoms with E-state index < -0.39 is 17.5 Å². The fourth-order valence-corrected chi connectivity index (χ4v) is 3.69. The summed E-state index contributed by atoms with van der Waals surface area (Å²) in [4.78, 5) is 1.13. The maximum Gasteiger partial charge on any atom is 0.152 e. The van der Waals surface area contributed by atoms with Crippen LogP contribution in [0.25, 0.3) is 0 Å². The number of aryl methyl sites for hydroxylation is 1. The van der Waals surface area contributed by atoms with Crippen molar-refractivity contribution in [2.75, 3.05) is 5.32 Å². The highest BCUT2D eigenvalue weighted by atomic mass is 35.5. The Bertz CT molecular complexity index is 618. The molecule has 1 aromatic heterocycles. The smallest absolute Gasteiger partial charge is 0.152 e. The highest BCUT2D eigenvalue weighted by molar-refractivity contribution is 7.16. The zero-order chi connectivity index (χ0) is 13.6. The van der Waals surface area contributed by atoms with E-state index in [-0.39, 0.29) is 11.7 Å². The van der Waals surface area contributed by atoms with Crippen LogP contribution < -0.4 is 5.32 Å². The van der Waals surface area contributed by atoms with Crippen molar-refractivity contribution < 1.29 is 13.2 Å². The minimum atomic E-state index is -0.925. The van der Waals surface area contributed by atoms with Crippen molar-refractivity contribution in [1.29, 1.82) is 0 Å². The average molecular weight is 304 g/mol. The molecule has 6 heteroatoms. The minimum Gasteiger partial charge on any atom is -0.373 e. The fourth-order valence-electron chi connectivity index (χ4n) is 2.33. The summed E-state index contributed by atoms with van der Waals surface area (Å²) in [6.07, 6.45) is 1.57. The van der Waals surface area contributed by atoms with Gasteiger partial charge in [-0.15, -0.1) is 11.3 Å². The molecule has 1 nitrogen and oxygen atoms in total. The Kier molecular flexibility index (Phi) is 3.19. The maximum absolute atomic E-state index is 13.6. The molecule has 0 saturated heterocycles. The third kappa shape index (κ3) is 2.32. The van der Waals surface area contributed by atoms with E-state index in [1.54, 1.807) is 0 Å². The van der Waals surface area contributed by atoms with Crippen LogP contribution in [0.3, 0.4) is 0 Å². The van der Waals surface area contributed by atoms with Gasteiger partial charge in [-0.2, -0.15) is 0 Å². The molecule has 3 rings (SSSR count). The molecule has 1 heterocycles. The molecule has 0 amide bonds. The number of nitrogens with one attached hydrogen (secondary N) is 1. The Labute approximate surface area is 117 Å². The summed E-state index contributed by atoms with van der Waals surface area (Å²) < 4.78 is 40.7. The fraction of sp³-hybridized carbons (Fsp3) is 0.231. The predicted octanol–water partition coefficient (Wildman–Crippen LogP) is 4.92. The van der Waals surface area contributed by atoms with Crippen LogP contribution in [-0.4, -0.2) is 0 Å². The zero-order valence-electron chi connectivity index (χ0n) is 9.64. The van der Waals surface area contributed by atoms with Crippen LogP contribution in [0.5, 0.6) is 0 Å². The van der Waals surface area contributed by atoms with E-state index in [0.717, 1.165) is 23.3 Å². The van der Waals surface area contributed by atoms with Crippen molar-refractivity contribution in [3.8, 4) is 0 Å². The van der Waals surface area contributed by atoms with E-state index in [1.807, 2.05) is 6.07 Å². The van der Waals surface area contributed by atoms with Gasteiger partial charge in [0.25, 0.3) is 0 Å². The average Bonchev–Trinajstić information content (AvgIpc) is 2.83. The molecule has 1 atom stereocenters. The van der Waals surface area contributed by atoms with Gasteiger partial charge in [0, 0.05) is 17.0 Å². The number of thiophene rings is 1. The van der Waals surface area contributed by atoms with Gasteiger partial charge in [0.2, 0.25) is 0 Å². The van der Waals surface area contributed by atoms with Crippen LogP contribution in [0, 0.1) is 17.5 Å². The first-order valence-corrected chi connectivity index (χ1v) is 6.93. The first kappa shape index (κ1) is 12.8. The van der Waals surface area contributed by atoms with Gasteiger partial charge >= 0.3 is 0 Å². The molecule has 0 fully saturated rings. The van der Waals surface area contributed by atoms with Crippen LogP contribution in [0.15, 0.2) is 18.2 Å². The molecule has 1 aliphatic rings. The molecule has 2 aromatic rings. The molecule has 0 aliphatic heterocycles. The third-order valence-electron chi connectivity index (χ3n) is 3.17. The molecule has 1 aromatic carbocycles. The second kappa shape index (κ2) is 4.72. The minimum absolute atomic E-state index is 0.187. The van der Waals surface area contributed by atoms with Crippen molar-refractivity contribution in [1.82, 2.24) is 0 Å². The van der Waals surface area contributed by atoms with Gasteiger partial charge in [-0.1, -0.05) is 11.6 Å². The highest BCUT2D eigenvalue weighted by Crippen LogP contribution is 2.41. The molecular formula is C13H9ClF3NS. The number of hydrogen-bond donors (Lipinski definition) is 1. The molecule has 0 bridgehead atoms. The van der Waals surface area contributed by atoms with Gasteiger partial charge in [-0.3, -0.25) is 0 Å². The lowest BCUT2D eigenvalue weighted by Crippen LogP contribution is -2.10. The van der Waals surface area contributed by atoms with Crippen molar-refractivity contribution in [3.05, 3.63) is 50.4 Å². The third-order valence-corrected chi connectivity index (χ3v) is 4.51. The Morgan fingerprint density at radius 2 is 1.84 bits per heavy atom. The van der Waals surface area contributed by atoms with E-state index in [4.69, 9.17) is 11.6 Å². The summed E-state index contributed by atoms with van der Waals surface area (Å²) in [6, 6.07) is 2.96. The predicted molar refractivity (Wildman–Crippen MR) is 70.3 cm³/mol. The summed E-state index contributed by atoms with van der Waals surface area (Å²) >= 11 is 7.40. The Morgan fingerprint density at radius 3 is 2.53 bits per heavy atom. The Morgan fingerprint density at radius 1 is 1.16 bits per heavy atom. The van der Waals surface area contributed by atoms with E-state index in [9.17, 15) is 13.2 Å². The number of anilines is 1. The number of fused-ring (bicyclic) bond motifs is 1. The van der Waals surface area contributed by atoms with Gasteiger partial charge in [0.15, 0.2) is 11.6 Å². The molecule has 100 valence electrons. The molecule has 1 unspecified atom stereocenters. The quantitative estimate of drug-likeness (QED) is 0.830. The summed E-state index contributed by atoms with van der Waals surface area (Å²) in [6.45, 7) is 0. The van der Waals surface area contributed by atoms with E-state index >= 15 is 0 Å². The molecule has 0 saturated carbocycles. The Hall–Kier alpha value is -1.20. The summed E-state index contributed by atoms with van der Waals surface area (Å²) in [5, 5.41) is 2.81. The standard InChI is InChI=1S/C13H9ClF3NS/c14-12-5-7-10(1-2-11(7)19-12)18-13-8(16)3-6(15)4-9(13)17/h3-5,10,18H,1-2H2. The van der Waals surface area contributed by atoms with Crippen molar-refractivity contribution in [3.63, 3.8) is 0 Å². The van der Waals surface area contributed by atoms with Gasteiger partial charge in [-0.25, -0.2) is 13.2 Å². The first-order chi connectivity index (χ1) is 9.04. The molecular weight excluding hydrogens is 295 g/mol. The number of rotatable bonds is 2. The molecule has 0 spiro atoms. The van der Waals surface area contributed by atoms with Gasteiger partial charge in [-0.05, 0) is 24.5 Å². The van der Waals surface area contributed by atoms with E-state index in [0.29, 0.717) is 16.5 Å². The molecule has 1 aliphatic carbocycles. The maximum atomic E-state index is 13.6. The van der Waals surface area contributed by atoms with Gasteiger partial charge < -0.3 is 5.32 Å². The second-order valence-electron chi connectivity index (χ2n) is 4.41. The van der Waals surface area contributed by atoms with Gasteiger partial charge in [0.1, 0.15) is 11.5 Å². The lowest BCUT2D eigenvalue weighted by molar-refractivity contribution is 0.544. The van der Waals surface area contributed by atoms with Crippen LogP contribution >= 0.6 is 22.9 Å². The first-order valence-electron chi connectivity index (χ1n) is 5.74. The largest absolute Gasteiger partial charge is 0.373 e. The monoisotopic (exact) mass is 303 g/mol. The number of halogens is 4. The van der Waals surface area contributed by atoms with Crippen molar-refractivity contribution in [2.45, 2.75) is 18.9 Å². The number of hydrogen-bond acceptors (Lipinski definition) is 2. The van der Waals surface area contributed by atoms with Crippen LogP contribution in [0.1, 0.15) is 22.9 Å². The van der Waals surface area contributed by atoms with Crippen molar-refractivity contribution >= 4 is 28.6 Å². The number of benzene rings is 1. The van der Waals surface area contributed by atoms with Crippen LogP contribution in [0.4, 0.5) is 18.9 Å². The van der Waals surface area contributed by atoms with Gasteiger partial charge in [0.05, 0.1) is 10.4 Å². The summed E-state index contributed by atoms with van der Waals surface area (Å²) in [7, 11) is 0. The van der Waals surface area contributed by atoms with Crippen LogP contribution in [0.2, 0.25) is 4.34 Å². The lowest BCUT2D eigenvalue weighted by Gasteiger charge is -2.15. The van der Waals surface area contributed by atoms with E-state index in [1.165, 1.54) is 11.3 Å². The molecule has 0 radical (unpaired) electrons. The Balaban J connectivity index is 1.91. The molecule has 19 heavy (non-hydrogen) atoms. The summed E-state index contributed by atoms with van der Waals surface area (Å²) in [5.74, 6) is -2.77. The normalized spacial score (nSPS) is 17.6. The topological polar surface area (TPSA) is 12.0 Å². The summed E-state index contributed by atoms with van der Waals surface area (Å²) in [5.41, 5.74) is 0.680. The SMILES string of the molecule is Fc1cc(F)c(NC2CCc3sc(Cl)cc32)c(F)c1. The second-order valence-corrected chi connectivity index (χ2v) is 6.18. The molecule has 1 N–H and O–H groups in total. The highest BCUT2D eigenvalue weighted by Gasteiger charge is 2.26.